The van der Waals surface area contributed by atoms with E-state index in [1.807, 2.05) is 0 Å². The first-order valence-electron chi connectivity index (χ1n) is 10.3. The number of benzene rings is 1. The first kappa shape index (κ1) is 17.2. The third-order valence-corrected chi connectivity index (χ3v) is 7.41. The van der Waals surface area contributed by atoms with Gasteiger partial charge in [-0.3, -0.25) is 9.59 Å². The number of carbonyl (C=O) groups excluding carboxylic acids is 2. The van der Waals surface area contributed by atoms with Crippen molar-refractivity contribution in [1.29, 1.82) is 0 Å². The van der Waals surface area contributed by atoms with Gasteiger partial charge in [0.2, 0.25) is 11.8 Å². The Labute approximate surface area is 159 Å². The molecule has 0 unspecified atom stereocenters. The molecular weight excluding hydrogens is 343 g/mol. The molecule has 4 saturated carbocycles. The molecule has 144 valence electrons. The molecule has 0 radical (unpaired) electrons. The molecule has 2 amide bonds. The largest absolute Gasteiger partial charge is 0.352 e. The van der Waals surface area contributed by atoms with E-state index >= 15 is 0 Å². The summed E-state index contributed by atoms with van der Waals surface area (Å²) >= 11 is 0. The van der Waals surface area contributed by atoms with E-state index in [1.54, 1.807) is 17.0 Å². The van der Waals surface area contributed by atoms with Gasteiger partial charge in [0.1, 0.15) is 11.9 Å². The fourth-order valence-corrected chi connectivity index (χ4v) is 6.84. The second-order valence-corrected chi connectivity index (χ2v) is 9.43. The van der Waals surface area contributed by atoms with Gasteiger partial charge in [0.05, 0.1) is 0 Å². The summed E-state index contributed by atoms with van der Waals surface area (Å²) in [4.78, 5) is 27.7. The molecule has 5 aliphatic rings. The Morgan fingerprint density at radius 2 is 1.67 bits per heavy atom. The number of nitrogens with one attached hydrogen (secondary N) is 1. The van der Waals surface area contributed by atoms with Gasteiger partial charge >= 0.3 is 0 Å². The van der Waals surface area contributed by atoms with Crippen LogP contribution in [0.25, 0.3) is 0 Å². The third kappa shape index (κ3) is 3.05. The van der Waals surface area contributed by atoms with E-state index in [2.05, 4.69) is 5.32 Å². The maximum atomic E-state index is 13.4. The van der Waals surface area contributed by atoms with E-state index in [4.69, 9.17) is 0 Å². The van der Waals surface area contributed by atoms with Crippen molar-refractivity contribution in [3.05, 3.63) is 35.6 Å². The van der Waals surface area contributed by atoms with Crippen LogP contribution in [0.4, 0.5) is 4.39 Å². The molecule has 1 heterocycles. The highest BCUT2D eigenvalue weighted by molar-refractivity contribution is 5.90. The predicted octanol–water partition coefficient (Wildman–Crippen LogP) is 3.43. The Morgan fingerprint density at radius 3 is 2.26 bits per heavy atom. The van der Waals surface area contributed by atoms with Crippen molar-refractivity contribution in [2.24, 2.45) is 23.2 Å². The first-order chi connectivity index (χ1) is 13.0. The molecule has 4 nitrogen and oxygen atoms in total. The highest BCUT2D eigenvalue weighted by Crippen LogP contribution is 2.61. The first-order valence-corrected chi connectivity index (χ1v) is 10.3. The fourth-order valence-electron chi connectivity index (χ4n) is 6.84. The van der Waals surface area contributed by atoms with Crippen molar-refractivity contribution in [1.82, 2.24) is 10.2 Å². The van der Waals surface area contributed by atoms with Crippen LogP contribution < -0.4 is 5.32 Å². The highest BCUT2D eigenvalue weighted by atomic mass is 19.1. The fraction of sp³-hybridized carbons (Fsp3) is 0.636. The molecule has 1 saturated heterocycles. The van der Waals surface area contributed by atoms with Gasteiger partial charge in [-0.15, -0.1) is 0 Å². The standard InChI is InChI=1S/C22H27FN2O2/c23-18-3-1-17(2-4-18)20-21(27)24-5-6-25(20)19(26)13-22-10-14-7-15(11-22)9-16(8-14)12-22/h1-4,14-16,20H,5-13H2,(H,24,27)/t14?,15?,16?,20-,22?/m1/s1. The zero-order valence-electron chi connectivity index (χ0n) is 15.6. The molecule has 1 aliphatic heterocycles. The maximum absolute atomic E-state index is 13.4. The van der Waals surface area contributed by atoms with Crippen molar-refractivity contribution in [3.63, 3.8) is 0 Å². The van der Waals surface area contributed by atoms with Gasteiger partial charge in [-0.1, -0.05) is 12.1 Å². The molecule has 1 atom stereocenters. The molecule has 4 aliphatic carbocycles. The number of rotatable bonds is 3. The minimum Gasteiger partial charge on any atom is -0.352 e. The maximum Gasteiger partial charge on any atom is 0.247 e. The summed E-state index contributed by atoms with van der Waals surface area (Å²) < 4.78 is 13.3. The summed E-state index contributed by atoms with van der Waals surface area (Å²) in [5.41, 5.74) is 0.847. The number of halogens is 1. The van der Waals surface area contributed by atoms with Gasteiger partial charge in [-0.05, 0) is 79.4 Å². The van der Waals surface area contributed by atoms with Crippen LogP contribution in [0.3, 0.4) is 0 Å². The van der Waals surface area contributed by atoms with Crippen LogP contribution in [0.5, 0.6) is 0 Å². The van der Waals surface area contributed by atoms with Crippen molar-refractivity contribution in [3.8, 4) is 0 Å². The summed E-state index contributed by atoms with van der Waals surface area (Å²) in [5.74, 6) is 2.03. The van der Waals surface area contributed by atoms with Crippen LogP contribution in [-0.4, -0.2) is 29.8 Å². The molecule has 1 aromatic rings. The molecule has 5 fully saturated rings. The lowest BCUT2D eigenvalue weighted by atomic mass is 9.49. The average molecular weight is 370 g/mol. The van der Waals surface area contributed by atoms with Gasteiger partial charge in [-0.25, -0.2) is 4.39 Å². The average Bonchev–Trinajstić information content (AvgIpc) is 2.61. The van der Waals surface area contributed by atoms with Crippen LogP contribution in [0, 0.1) is 29.0 Å². The summed E-state index contributed by atoms with van der Waals surface area (Å²) in [5, 5.41) is 2.86. The topological polar surface area (TPSA) is 49.4 Å². The lowest BCUT2D eigenvalue weighted by Gasteiger charge is -2.57. The Morgan fingerprint density at radius 1 is 1.07 bits per heavy atom. The molecule has 27 heavy (non-hydrogen) atoms. The van der Waals surface area contributed by atoms with Gasteiger partial charge in [0.15, 0.2) is 0 Å². The summed E-state index contributed by atoms with van der Waals surface area (Å²) in [6.07, 6.45) is 8.21. The van der Waals surface area contributed by atoms with Crippen LogP contribution in [0.2, 0.25) is 0 Å². The van der Waals surface area contributed by atoms with E-state index in [0.29, 0.717) is 25.1 Å². The van der Waals surface area contributed by atoms with Crippen LogP contribution in [0.15, 0.2) is 24.3 Å². The van der Waals surface area contributed by atoms with E-state index in [0.717, 1.165) is 17.8 Å². The predicted molar refractivity (Wildman–Crippen MR) is 99.1 cm³/mol. The summed E-state index contributed by atoms with van der Waals surface area (Å²) in [6, 6.07) is 5.32. The number of hydrogen-bond donors (Lipinski definition) is 1. The molecule has 1 aromatic carbocycles. The number of carbonyl (C=O) groups is 2. The Bertz CT molecular complexity index is 725. The van der Waals surface area contributed by atoms with Crippen molar-refractivity contribution in [2.45, 2.75) is 51.0 Å². The van der Waals surface area contributed by atoms with Gasteiger partial charge in [0, 0.05) is 19.5 Å². The smallest absolute Gasteiger partial charge is 0.247 e. The van der Waals surface area contributed by atoms with E-state index < -0.39 is 6.04 Å². The third-order valence-electron chi connectivity index (χ3n) is 7.41. The minimum absolute atomic E-state index is 0.0983. The molecular formula is C22H27FN2O2. The molecule has 4 bridgehead atoms. The van der Waals surface area contributed by atoms with Crippen molar-refractivity contribution >= 4 is 11.8 Å². The number of amides is 2. The second kappa shape index (κ2) is 6.32. The minimum atomic E-state index is -0.638. The van der Waals surface area contributed by atoms with Gasteiger partial charge in [0.25, 0.3) is 0 Å². The van der Waals surface area contributed by atoms with E-state index in [9.17, 15) is 14.0 Å². The molecule has 0 aromatic heterocycles. The Kier molecular flexibility index (Phi) is 4.03. The number of piperazine rings is 1. The van der Waals surface area contributed by atoms with Crippen LogP contribution in [-0.2, 0) is 9.59 Å². The Hall–Kier alpha value is -1.91. The summed E-state index contributed by atoms with van der Waals surface area (Å²) in [7, 11) is 0. The molecule has 6 rings (SSSR count). The van der Waals surface area contributed by atoms with Gasteiger partial charge < -0.3 is 10.2 Å². The van der Waals surface area contributed by atoms with E-state index in [1.165, 1.54) is 50.7 Å². The summed E-state index contributed by atoms with van der Waals surface area (Å²) in [6.45, 7) is 1.02. The second-order valence-electron chi connectivity index (χ2n) is 9.43. The van der Waals surface area contributed by atoms with Crippen LogP contribution in [0.1, 0.15) is 56.6 Å². The molecule has 5 heteroatoms. The highest BCUT2D eigenvalue weighted by Gasteiger charge is 2.52. The van der Waals surface area contributed by atoms with Crippen molar-refractivity contribution in [2.75, 3.05) is 13.1 Å². The van der Waals surface area contributed by atoms with Crippen LogP contribution >= 0.6 is 0 Å². The SMILES string of the molecule is O=C1NCCN(C(=O)CC23CC4CC(CC(C4)C2)C3)[C@@H]1c1ccc(F)cc1. The zero-order chi connectivity index (χ0) is 18.6. The van der Waals surface area contributed by atoms with Gasteiger partial charge in [-0.2, -0.15) is 0 Å². The number of nitrogens with zero attached hydrogens (tertiary/aromatic N) is 1. The molecule has 0 spiro atoms. The number of hydrogen-bond acceptors (Lipinski definition) is 2. The lowest BCUT2D eigenvalue weighted by molar-refractivity contribution is -0.149. The normalized spacial score (nSPS) is 37.4. The quantitative estimate of drug-likeness (QED) is 0.886. The lowest BCUT2D eigenvalue weighted by Crippen LogP contribution is -2.54. The van der Waals surface area contributed by atoms with Crippen molar-refractivity contribution < 1.29 is 14.0 Å². The zero-order valence-corrected chi connectivity index (χ0v) is 15.6. The monoisotopic (exact) mass is 370 g/mol. The molecule has 1 N–H and O–H groups in total. The Balaban J connectivity index is 1.38. The van der Waals surface area contributed by atoms with E-state index in [-0.39, 0.29) is 23.0 Å².